The average molecular weight is 328 g/mol. The van der Waals surface area contributed by atoms with E-state index >= 15 is 0 Å². The SMILES string of the molecule is C[C@H](N)c1ccc(Br)cc1OCOCC(F)(F)F. The third-order valence-electron chi connectivity index (χ3n) is 2.03. The normalized spacial score (nSPS) is 13.4. The van der Waals surface area contributed by atoms with Crippen molar-refractivity contribution >= 4 is 15.9 Å². The first kappa shape index (κ1) is 15.3. The van der Waals surface area contributed by atoms with Crippen molar-refractivity contribution in [2.75, 3.05) is 13.4 Å². The summed E-state index contributed by atoms with van der Waals surface area (Å²) in [7, 11) is 0. The summed E-state index contributed by atoms with van der Waals surface area (Å²) >= 11 is 3.24. The number of hydrogen-bond donors (Lipinski definition) is 1. The van der Waals surface area contributed by atoms with E-state index in [0.717, 1.165) is 4.47 Å². The number of hydrogen-bond acceptors (Lipinski definition) is 3. The Morgan fingerprint density at radius 1 is 1.39 bits per heavy atom. The maximum absolute atomic E-state index is 11.8. The van der Waals surface area contributed by atoms with Gasteiger partial charge in [0.15, 0.2) is 6.79 Å². The summed E-state index contributed by atoms with van der Waals surface area (Å²) in [6.45, 7) is -0.0587. The number of alkyl halides is 3. The van der Waals surface area contributed by atoms with E-state index in [1.165, 1.54) is 0 Å². The monoisotopic (exact) mass is 327 g/mol. The molecule has 0 saturated heterocycles. The zero-order valence-electron chi connectivity index (χ0n) is 9.63. The van der Waals surface area contributed by atoms with Gasteiger partial charge in [-0.25, -0.2) is 0 Å². The predicted octanol–water partition coefficient (Wildman–Crippen LogP) is 3.38. The molecule has 0 aromatic heterocycles. The molecule has 0 radical (unpaired) electrons. The van der Waals surface area contributed by atoms with Crippen LogP contribution in [0.1, 0.15) is 18.5 Å². The van der Waals surface area contributed by atoms with Crippen molar-refractivity contribution in [2.45, 2.75) is 19.1 Å². The molecule has 1 aromatic carbocycles. The van der Waals surface area contributed by atoms with Crippen molar-refractivity contribution in [1.82, 2.24) is 0 Å². The number of nitrogens with two attached hydrogens (primary N) is 1. The fourth-order valence-corrected chi connectivity index (χ4v) is 1.61. The van der Waals surface area contributed by atoms with Gasteiger partial charge in [0, 0.05) is 16.1 Å². The van der Waals surface area contributed by atoms with E-state index in [1.807, 2.05) is 0 Å². The molecular weight excluding hydrogens is 315 g/mol. The Balaban J connectivity index is 2.58. The van der Waals surface area contributed by atoms with Gasteiger partial charge in [0.05, 0.1) is 0 Å². The first-order valence-electron chi connectivity index (χ1n) is 5.12. The van der Waals surface area contributed by atoms with Crippen molar-refractivity contribution in [3.05, 3.63) is 28.2 Å². The summed E-state index contributed by atoms with van der Waals surface area (Å²) in [5.74, 6) is 0.404. The lowest BCUT2D eigenvalue weighted by Gasteiger charge is -2.15. The van der Waals surface area contributed by atoms with Gasteiger partial charge in [0.25, 0.3) is 0 Å². The van der Waals surface area contributed by atoms with Crippen LogP contribution in [0.15, 0.2) is 22.7 Å². The number of benzene rings is 1. The second-order valence-electron chi connectivity index (χ2n) is 3.70. The van der Waals surface area contributed by atoms with Gasteiger partial charge >= 0.3 is 6.18 Å². The topological polar surface area (TPSA) is 44.5 Å². The molecule has 0 unspecified atom stereocenters. The van der Waals surface area contributed by atoms with Crippen molar-refractivity contribution < 1.29 is 22.6 Å². The second kappa shape index (κ2) is 6.40. The smallest absolute Gasteiger partial charge is 0.411 e. The Kier molecular flexibility index (Phi) is 5.43. The van der Waals surface area contributed by atoms with Crippen LogP contribution in [0.4, 0.5) is 13.2 Å². The lowest BCUT2D eigenvalue weighted by molar-refractivity contribution is -0.186. The Morgan fingerprint density at radius 3 is 2.61 bits per heavy atom. The molecule has 1 aromatic rings. The molecule has 0 aliphatic carbocycles. The standard InChI is InChI=1S/C11H13BrF3NO2/c1-7(16)9-3-2-8(12)4-10(9)18-6-17-5-11(13,14)15/h2-4,7H,5-6,16H2,1H3/t7-/m0/s1. The first-order valence-corrected chi connectivity index (χ1v) is 5.91. The molecule has 18 heavy (non-hydrogen) atoms. The molecule has 2 N–H and O–H groups in total. The van der Waals surface area contributed by atoms with Crippen molar-refractivity contribution in [3.63, 3.8) is 0 Å². The molecule has 0 fully saturated rings. The molecule has 102 valence electrons. The van der Waals surface area contributed by atoms with Crippen molar-refractivity contribution in [2.24, 2.45) is 5.73 Å². The van der Waals surface area contributed by atoms with Crippen LogP contribution in [0.3, 0.4) is 0 Å². The van der Waals surface area contributed by atoms with E-state index in [4.69, 9.17) is 10.5 Å². The molecule has 3 nitrogen and oxygen atoms in total. The van der Waals surface area contributed by atoms with Crippen LogP contribution in [0.2, 0.25) is 0 Å². The molecule has 1 atom stereocenters. The van der Waals surface area contributed by atoms with E-state index < -0.39 is 19.6 Å². The summed E-state index contributed by atoms with van der Waals surface area (Å²) in [6, 6.07) is 4.88. The fourth-order valence-electron chi connectivity index (χ4n) is 1.27. The minimum atomic E-state index is -4.36. The summed E-state index contributed by atoms with van der Waals surface area (Å²) in [6.07, 6.45) is -4.36. The minimum absolute atomic E-state index is 0.282. The van der Waals surface area contributed by atoms with Gasteiger partial charge in [-0.05, 0) is 19.1 Å². The number of rotatable bonds is 5. The summed E-state index contributed by atoms with van der Waals surface area (Å²) in [4.78, 5) is 0. The van der Waals surface area contributed by atoms with E-state index in [1.54, 1.807) is 25.1 Å². The van der Waals surface area contributed by atoms with E-state index in [0.29, 0.717) is 11.3 Å². The molecule has 0 spiro atoms. The van der Waals surface area contributed by atoms with Gasteiger partial charge < -0.3 is 15.2 Å². The molecule has 0 bridgehead atoms. The quantitative estimate of drug-likeness (QED) is 0.666. The molecule has 0 amide bonds. The van der Waals surface area contributed by atoms with Crippen molar-refractivity contribution in [1.29, 1.82) is 0 Å². The van der Waals surface area contributed by atoms with Crippen LogP contribution in [0, 0.1) is 0 Å². The zero-order chi connectivity index (χ0) is 13.8. The summed E-state index contributed by atoms with van der Waals surface area (Å²) < 4.78 is 45.8. The molecule has 1 rings (SSSR count). The summed E-state index contributed by atoms with van der Waals surface area (Å²) in [5.41, 5.74) is 6.42. The van der Waals surface area contributed by atoms with E-state index in [-0.39, 0.29) is 6.04 Å². The van der Waals surface area contributed by atoms with Gasteiger partial charge in [-0.3, -0.25) is 0 Å². The third kappa shape index (κ3) is 5.24. The zero-order valence-corrected chi connectivity index (χ0v) is 11.2. The average Bonchev–Trinajstić information content (AvgIpc) is 2.22. The van der Waals surface area contributed by atoms with Crippen LogP contribution < -0.4 is 10.5 Å². The van der Waals surface area contributed by atoms with Crippen LogP contribution >= 0.6 is 15.9 Å². The Morgan fingerprint density at radius 2 is 2.06 bits per heavy atom. The molecular formula is C11H13BrF3NO2. The molecule has 0 aliphatic rings. The van der Waals surface area contributed by atoms with Crippen molar-refractivity contribution in [3.8, 4) is 5.75 Å². The number of ether oxygens (including phenoxy) is 2. The number of halogens is 4. The minimum Gasteiger partial charge on any atom is -0.467 e. The lowest BCUT2D eigenvalue weighted by Crippen LogP contribution is -2.19. The highest BCUT2D eigenvalue weighted by molar-refractivity contribution is 9.10. The van der Waals surface area contributed by atoms with Crippen LogP contribution in [0.5, 0.6) is 5.75 Å². The maximum atomic E-state index is 11.8. The van der Waals surface area contributed by atoms with Crippen LogP contribution in [-0.4, -0.2) is 19.6 Å². The Bertz CT molecular complexity index is 396. The van der Waals surface area contributed by atoms with E-state index in [9.17, 15) is 13.2 Å². The Labute approximate surface area is 111 Å². The van der Waals surface area contributed by atoms with Gasteiger partial charge in [-0.1, -0.05) is 22.0 Å². The predicted molar refractivity (Wildman–Crippen MR) is 64.2 cm³/mol. The van der Waals surface area contributed by atoms with Gasteiger partial charge in [-0.2, -0.15) is 13.2 Å². The third-order valence-corrected chi connectivity index (χ3v) is 2.52. The molecule has 7 heteroatoms. The molecule has 0 heterocycles. The lowest BCUT2D eigenvalue weighted by atomic mass is 10.1. The van der Waals surface area contributed by atoms with Crippen LogP contribution in [0.25, 0.3) is 0 Å². The largest absolute Gasteiger partial charge is 0.467 e. The molecule has 0 aliphatic heterocycles. The highest BCUT2D eigenvalue weighted by atomic mass is 79.9. The fraction of sp³-hybridized carbons (Fsp3) is 0.455. The van der Waals surface area contributed by atoms with Gasteiger partial charge in [-0.15, -0.1) is 0 Å². The second-order valence-corrected chi connectivity index (χ2v) is 4.61. The first-order chi connectivity index (χ1) is 8.29. The highest BCUT2D eigenvalue weighted by Gasteiger charge is 2.27. The maximum Gasteiger partial charge on any atom is 0.411 e. The molecule has 0 saturated carbocycles. The van der Waals surface area contributed by atoms with E-state index in [2.05, 4.69) is 20.7 Å². The van der Waals surface area contributed by atoms with Gasteiger partial charge in [0.1, 0.15) is 12.4 Å². The Hall–Kier alpha value is -0.790. The van der Waals surface area contributed by atoms with Crippen LogP contribution in [-0.2, 0) is 4.74 Å². The highest BCUT2D eigenvalue weighted by Crippen LogP contribution is 2.27. The van der Waals surface area contributed by atoms with Gasteiger partial charge in [0.2, 0.25) is 0 Å². The summed E-state index contributed by atoms with van der Waals surface area (Å²) in [5, 5.41) is 0.